The molecule has 1 aromatic heterocycles. The molecular weight excluding hydrogens is 443 g/mol. The molecule has 1 amide bonds. The number of nitrogens with zero attached hydrogens (tertiary/aromatic N) is 3. The molecule has 0 atom stereocenters. The number of hydrogen-bond acceptors (Lipinski definition) is 5. The first-order valence-electron chi connectivity index (χ1n) is 12.1. The van der Waals surface area contributed by atoms with Crippen LogP contribution in [0.2, 0.25) is 0 Å². The van der Waals surface area contributed by atoms with Crippen molar-refractivity contribution in [2.45, 2.75) is 26.4 Å². The largest absolute Gasteiger partial charge is 0.494 e. The number of halogens is 1. The number of pyridine rings is 1. The fourth-order valence-corrected chi connectivity index (χ4v) is 4.25. The van der Waals surface area contributed by atoms with Gasteiger partial charge in [0.1, 0.15) is 11.6 Å². The standard InChI is InChI=1S/C28H33FN4O2/c1-3-35-26-9-10-27(23(16-26)20-33-13-11-32(2)12-14-33)22-7-8-25(30-19-22)17-28(34)31-18-21-5-4-6-24(29)15-21/h4-10,15-16,19H,3,11-14,17-18,20H2,1-2H3,(H,31,34). The summed E-state index contributed by atoms with van der Waals surface area (Å²) in [5.41, 5.74) is 4.77. The van der Waals surface area contributed by atoms with Crippen LogP contribution < -0.4 is 10.1 Å². The first-order chi connectivity index (χ1) is 17.0. The fourth-order valence-electron chi connectivity index (χ4n) is 4.25. The summed E-state index contributed by atoms with van der Waals surface area (Å²) < 4.78 is 19.1. The molecule has 0 saturated carbocycles. The lowest BCUT2D eigenvalue weighted by molar-refractivity contribution is -0.120. The molecular formula is C28H33FN4O2. The van der Waals surface area contributed by atoms with Crippen molar-refractivity contribution in [3.63, 3.8) is 0 Å². The third-order valence-electron chi connectivity index (χ3n) is 6.23. The van der Waals surface area contributed by atoms with Crippen molar-refractivity contribution in [1.82, 2.24) is 20.1 Å². The maximum atomic E-state index is 13.3. The van der Waals surface area contributed by atoms with Gasteiger partial charge in [-0.2, -0.15) is 0 Å². The summed E-state index contributed by atoms with van der Waals surface area (Å²) in [5.74, 6) is 0.418. The minimum Gasteiger partial charge on any atom is -0.494 e. The Kier molecular flexibility index (Phi) is 8.45. The molecule has 35 heavy (non-hydrogen) atoms. The lowest BCUT2D eigenvalue weighted by Gasteiger charge is -2.32. The second-order valence-electron chi connectivity index (χ2n) is 8.95. The number of aromatic nitrogens is 1. The van der Waals surface area contributed by atoms with Crippen LogP contribution in [0.5, 0.6) is 5.75 Å². The molecule has 0 radical (unpaired) electrons. The van der Waals surface area contributed by atoms with Crippen molar-refractivity contribution < 1.29 is 13.9 Å². The van der Waals surface area contributed by atoms with Gasteiger partial charge in [0.2, 0.25) is 5.91 Å². The van der Waals surface area contributed by atoms with Gasteiger partial charge in [0.05, 0.1) is 13.0 Å². The Morgan fingerprint density at radius 2 is 1.91 bits per heavy atom. The molecule has 2 heterocycles. The third kappa shape index (κ3) is 7.10. The Morgan fingerprint density at radius 3 is 2.63 bits per heavy atom. The van der Waals surface area contributed by atoms with E-state index < -0.39 is 0 Å². The van der Waals surface area contributed by atoms with Crippen molar-refractivity contribution >= 4 is 5.91 Å². The number of carbonyl (C=O) groups is 1. The van der Waals surface area contributed by atoms with Gasteiger partial charge >= 0.3 is 0 Å². The highest BCUT2D eigenvalue weighted by molar-refractivity contribution is 5.78. The molecule has 184 valence electrons. The van der Waals surface area contributed by atoms with Gasteiger partial charge in [0.15, 0.2) is 0 Å². The number of likely N-dealkylation sites (N-methyl/N-ethyl adjacent to an activating group) is 1. The van der Waals surface area contributed by atoms with Crippen LogP contribution in [0.25, 0.3) is 11.1 Å². The first kappa shape index (κ1) is 24.8. The molecule has 1 aliphatic rings. The zero-order valence-corrected chi connectivity index (χ0v) is 20.5. The summed E-state index contributed by atoms with van der Waals surface area (Å²) in [6, 6.07) is 16.4. The zero-order valence-electron chi connectivity index (χ0n) is 20.5. The van der Waals surface area contributed by atoms with E-state index in [0.29, 0.717) is 12.3 Å². The van der Waals surface area contributed by atoms with E-state index >= 15 is 0 Å². The highest BCUT2D eigenvalue weighted by Gasteiger charge is 2.17. The van der Waals surface area contributed by atoms with Crippen LogP contribution in [-0.4, -0.2) is 60.5 Å². The molecule has 0 aliphatic carbocycles. The Morgan fingerprint density at radius 1 is 1.09 bits per heavy atom. The van der Waals surface area contributed by atoms with Crippen molar-refractivity contribution in [2.24, 2.45) is 0 Å². The highest BCUT2D eigenvalue weighted by atomic mass is 19.1. The highest BCUT2D eigenvalue weighted by Crippen LogP contribution is 2.29. The molecule has 4 rings (SSSR count). The number of hydrogen-bond donors (Lipinski definition) is 1. The van der Waals surface area contributed by atoms with Gasteiger partial charge < -0.3 is 15.0 Å². The number of benzene rings is 2. The summed E-state index contributed by atoms with van der Waals surface area (Å²) in [6.07, 6.45) is 2.01. The Hall–Kier alpha value is -3.29. The summed E-state index contributed by atoms with van der Waals surface area (Å²) in [5, 5.41) is 2.83. The van der Waals surface area contributed by atoms with Crippen molar-refractivity contribution in [2.75, 3.05) is 39.8 Å². The molecule has 6 nitrogen and oxygen atoms in total. The second kappa shape index (κ2) is 11.9. The normalized spacial score (nSPS) is 14.6. The van der Waals surface area contributed by atoms with E-state index in [2.05, 4.69) is 39.3 Å². The smallest absolute Gasteiger partial charge is 0.226 e. The third-order valence-corrected chi connectivity index (χ3v) is 6.23. The van der Waals surface area contributed by atoms with E-state index in [1.165, 1.54) is 17.7 Å². The lowest BCUT2D eigenvalue weighted by atomic mass is 9.99. The quantitative estimate of drug-likeness (QED) is 0.508. The SMILES string of the molecule is CCOc1ccc(-c2ccc(CC(=O)NCc3cccc(F)c3)nc2)c(CN2CCN(C)CC2)c1. The van der Waals surface area contributed by atoms with E-state index in [-0.39, 0.29) is 24.7 Å². The average molecular weight is 477 g/mol. The maximum Gasteiger partial charge on any atom is 0.226 e. The molecule has 0 spiro atoms. The number of piperazine rings is 1. The van der Waals surface area contributed by atoms with Gasteiger partial charge in [-0.1, -0.05) is 24.3 Å². The van der Waals surface area contributed by atoms with Crippen LogP contribution in [0.15, 0.2) is 60.8 Å². The number of amides is 1. The van der Waals surface area contributed by atoms with Crippen molar-refractivity contribution in [3.05, 3.63) is 83.4 Å². The Labute approximate surface area is 206 Å². The summed E-state index contributed by atoms with van der Waals surface area (Å²) in [7, 11) is 2.16. The monoisotopic (exact) mass is 476 g/mol. The van der Waals surface area contributed by atoms with Crippen molar-refractivity contribution in [3.8, 4) is 16.9 Å². The molecule has 7 heteroatoms. The van der Waals surface area contributed by atoms with E-state index in [9.17, 15) is 9.18 Å². The van der Waals surface area contributed by atoms with Crippen LogP contribution in [0.1, 0.15) is 23.7 Å². The predicted molar refractivity (Wildman–Crippen MR) is 136 cm³/mol. The minimum absolute atomic E-state index is 0.147. The summed E-state index contributed by atoms with van der Waals surface area (Å²) in [4.78, 5) is 21.7. The van der Waals surface area contributed by atoms with Gasteiger partial charge in [0.25, 0.3) is 0 Å². The average Bonchev–Trinajstić information content (AvgIpc) is 2.85. The molecule has 1 saturated heterocycles. The molecule has 0 unspecified atom stereocenters. The maximum absolute atomic E-state index is 13.3. The van der Waals surface area contributed by atoms with Crippen molar-refractivity contribution in [1.29, 1.82) is 0 Å². The minimum atomic E-state index is -0.310. The van der Waals surface area contributed by atoms with Crippen LogP contribution in [-0.2, 0) is 24.3 Å². The summed E-state index contributed by atoms with van der Waals surface area (Å²) >= 11 is 0. The van der Waals surface area contributed by atoms with Crippen LogP contribution in [0, 0.1) is 5.82 Å². The van der Waals surface area contributed by atoms with Crippen LogP contribution in [0.4, 0.5) is 4.39 Å². The fraction of sp³-hybridized carbons (Fsp3) is 0.357. The van der Waals surface area contributed by atoms with E-state index in [4.69, 9.17) is 4.74 Å². The van der Waals surface area contributed by atoms with Gasteiger partial charge in [-0.15, -0.1) is 0 Å². The number of ether oxygens (including phenoxy) is 1. The predicted octanol–water partition coefficient (Wildman–Crippen LogP) is 3.89. The Balaban J connectivity index is 1.43. The Bertz CT molecular complexity index is 1130. The molecule has 2 aromatic carbocycles. The van der Waals surface area contributed by atoms with Gasteiger partial charge in [-0.25, -0.2) is 4.39 Å². The van der Waals surface area contributed by atoms with Gasteiger partial charge in [0, 0.05) is 56.7 Å². The molecule has 1 fully saturated rings. The second-order valence-corrected chi connectivity index (χ2v) is 8.95. The lowest BCUT2D eigenvalue weighted by Crippen LogP contribution is -2.43. The van der Waals surface area contributed by atoms with Crippen LogP contribution in [0.3, 0.4) is 0 Å². The molecule has 1 aliphatic heterocycles. The van der Waals surface area contributed by atoms with Gasteiger partial charge in [-0.05, 0) is 61.0 Å². The van der Waals surface area contributed by atoms with Gasteiger partial charge in [-0.3, -0.25) is 14.7 Å². The summed E-state index contributed by atoms with van der Waals surface area (Å²) in [6.45, 7) is 7.98. The zero-order chi connectivity index (χ0) is 24.6. The van der Waals surface area contributed by atoms with E-state index in [1.54, 1.807) is 12.1 Å². The molecule has 3 aromatic rings. The van der Waals surface area contributed by atoms with E-state index in [1.807, 2.05) is 31.3 Å². The topological polar surface area (TPSA) is 57.7 Å². The molecule has 0 bridgehead atoms. The first-order valence-corrected chi connectivity index (χ1v) is 12.1. The number of rotatable bonds is 9. The number of nitrogens with one attached hydrogen (secondary N) is 1. The number of carbonyl (C=O) groups excluding carboxylic acids is 1. The molecule has 1 N–H and O–H groups in total. The van der Waals surface area contributed by atoms with E-state index in [0.717, 1.165) is 55.2 Å². The van der Waals surface area contributed by atoms with Crippen LogP contribution >= 0.6 is 0 Å².